The van der Waals surface area contributed by atoms with E-state index in [1.807, 2.05) is 12.1 Å². The van der Waals surface area contributed by atoms with Crippen LogP contribution in [-0.4, -0.2) is 32.9 Å². The largest absolute Gasteiger partial charge is 0.330 e. The molecule has 3 N–H and O–H groups in total. The summed E-state index contributed by atoms with van der Waals surface area (Å²) in [6, 6.07) is 7.43. The molecule has 0 atom stereocenters. The van der Waals surface area contributed by atoms with Crippen LogP contribution in [0.2, 0.25) is 0 Å². The van der Waals surface area contributed by atoms with Crippen molar-refractivity contribution >= 4 is 15.9 Å². The molecule has 0 aliphatic rings. The van der Waals surface area contributed by atoms with Crippen LogP contribution in [0.4, 0.5) is 5.69 Å². The molecular formula is C13H23N3O2S. The van der Waals surface area contributed by atoms with Gasteiger partial charge in [-0.2, -0.15) is 12.7 Å². The second-order valence-electron chi connectivity index (χ2n) is 4.85. The number of hydrogen-bond acceptors (Lipinski definition) is 3. The van der Waals surface area contributed by atoms with Gasteiger partial charge < -0.3 is 5.73 Å². The number of anilines is 1. The van der Waals surface area contributed by atoms with E-state index < -0.39 is 10.2 Å². The van der Waals surface area contributed by atoms with Crippen LogP contribution in [0.25, 0.3) is 0 Å². The van der Waals surface area contributed by atoms with Gasteiger partial charge in [-0.15, -0.1) is 0 Å². The molecule has 0 heterocycles. The van der Waals surface area contributed by atoms with Gasteiger partial charge in [-0.25, -0.2) is 0 Å². The lowest BCUT2D eigenvalue weighted by molar-refractivity contribution is 0.468. The van der Waals surface area contributed by atoms with Crippen LogP contribution in [0.3, 0.4) is 0 Å². The second-order valence-corrected chi connectivity index (χ2v) is 6.63. The van der Waals surface area contributed by atoms with Crippen LogP contribution in [0.15, 0.2) is 24.3 Å². The summed E-state index contributed by atoms with van der Waals surface area (Å²) in [5.74, 6) is 0.429. The fraction of sp³-hybridized carbons (Fsp3) is 0.538. The van der Waals surface area contributed by atoms with E-state index in [1.54, 1.807) is 19.2 Å². The van der Waals surface area contributed by atoms with Crippen molar-refractivity contribution in [2.45, 2.75) is 26.2 Å². The van der Waals surface area contributed by atoms with Crippen LogP contribution < -0.4 is 10.5 Å². The third-order valence-electron chi connectivity index (χ3n) is 2.91. The van der Waals surface area contributed by atoms with E-state index in [0.717, 1.165) is 0 Å². The normalized spacial score (nSPS) is 12.1. The van der Waals surface area contributed by atoms with E-state index in [9.17, 15) is 8.42 Å². The molecule has 0 aliphatic heterocycles. The summed E-state index contributed by atoms with van der Waals surface area (Å²) < 4.78 is 27.8. The van der Waals surface area contributed by atoms with Crippen molar-refractivity contribution in [2.24, 2.45) is 5.73 Å². The molecule has 5 nitrogen and oxygen atoms in total. The fourth-order valence-electron chi connectivity index (χ4n) is 1.60. The molecule has 0 spiro atoms. The number of rotatable bonds is 7. The highest BCUT2D eigenvalue weighted by atomic mass is 32.2. The second kappa shape index (κ2) is 6.88. The van der Waals surface area contributed by atoms with Crippen molar-refractivity contribution in [3.05, 3.63) is 29.8 Å². The van der Waals surface area contributed by atoms with Crippen molar-refractivity contribution in [3.63, 3.8) is 0 Å². The lowest BCUT2D eigenvalue weighted by Gasteiger charge is -2.18. The monoisotopic (exact) mass is 285 g/mol. The number of nitrogens with one attached hydrogen (secondary N) is 1. The Morgan fingerprint density at radius 1 is 1.26 bits per heavy atom. The number of benzene rings is 1. The number of hydrogen-bond donors (Lipinski definition) is 2. The van der Waals surface area contributed by atoms with Crippen molar-refractivity contribution in [3.8, 4) is 0 Å². The van der Waals surface area contributed by atoms with Gasteiger partial charge in [0.05, 0.1) is 0 Å². The summed E-state index contributed by atoms with van der Waals surface area (Å²) in [5, 5.41) is 0. The molecule has 0 unspecified atom stereocenters. The standard InChI is InChI=1S/C13H23N3O2S/c1-11(2)12-5-7-13(8-6-12)15-19(17,18)16(3)10-4-9-14/h5-8,11,15H,4,9-10,14H2,1-3H3. The van der Waals surface area contributed by atoms with Gasteiger partial charge in [0, 0.05) is 19.3 Å². The van der Waals surface area contributed by atoms with Crippen LogP contribution in [0.5, 0.6) is 0 Å². The Morgan fingerprint density at radius 2 is 1.84 bits per heavy atom. The first-order chi connectivity index (χ1) is 8.86. The van der Waals surface area contributed by atoms with Gasteiger partial charge in [0.2, 0.25) is 0 Å². The summed E-state index contributed by atoms with van der Waals surface area (Å²) in [5.41, 5.74) is 7.13. The molecule has 1 aromatic carbocycles. The molecule has 1 aromatic rings. The molecule has 0 aromatic heterocycles. The maximum Gasteiger partial charge on any atom is 0.301 e. The molecule has 0 radical (unpaired) electrons. The maximum absolute atomic E-state index is 12.0. The predicted octanol–water partition coefficient (Wildman–Crippen LogP) is 1.75. The Balaban J connectivity index is 2.72. The van der Waals surface area contributed by atoms with Gasteiger partial charge in [-0.3, -0.25) is 4.72 Å². The zero-order valence-corrected chi connectivity index (χ0v) is 12.6. The summed E-state index contributed by atoms with van der Waals surface area (Å²) in [7, 11) is -1.95. The van der Waals surface area contributed by atoms with E-state index in [-0.39, 0.29) is 0 Å². The minimum atomic E-state index is -3.49. The highest BCUT2D eigenvalue weighted by molar-refractivity contribution is 7.90. The summed E-state index contributed by atoms with van der Waals surface area (Å²) in [6.07, 6.45) is 0.643. The van der Waals surface area contributed by atoms with Gasteiger partial charge in [0.1, 0.15) is 0 Å². The maximum atomic E-state index is 12.0. The number of nitrogens with two attached hydrogens (primary N) is 1. The molecule has 0 fully saturated rings. The predicted molar refractivity (Wildman–Crippen MR) is 79.4 cm³/mol. The fourth-order valence-corrected chi connectivity index (χ4v) is 2.56. The minimum Gasteiger partial charge on any atom is -0.330 e. The van der Waals surface area contributed by atoms with E-state index in [2.05, 4.69) is 18.6 Å². The SMILES string of the molecule is CC(C)c1ccc(NS(=O)(=O)N(C)CCCN)cc1. The molecular weight excluding hydrogens is 262 g/mol. The van der Waals surface area contributed by atoms with Crippen LogP contribution in [0, 0.1) is 0 Å². The first-order valence-corrected chi connectivity index (χ1v) is 7.85. The minimum absolute atomic E-state index is 0.413. The zero-order chi connectivity index (χ0) is 14.5. The van der Waals surface area contributed by atoms with Gasteiger partial charge in [-0.1, -0.05) is 26.0 Å². The molecule has 0 saturated heterocycles. The average molecular weight is 285 g/mol. The molecule has 19 heavy (non-hydrogen) atoms. The highest BCUT2D eigenvalue weighted by Crippen LogP contribution is 2.18. The smallest absolute Gasteiger partial charge is 0.301 e. The Labute approximate surface area is 116 Å². The molecule has 0 amide bonds. The zero-order valence-electron chi connectivity index (χ0n) is 11.8. The topological polar surface area (TPSA) is 75.4 Å². The molecule has 0 aliphatic carbocycles. The van der Waals surface area contributed by atoms with E-state index in [0.29, 0.717) is 31.1 Å². The van der Waals surface area contributed by atoms with E-state index in [4.69, 9.17) is 5.73 Å². The van der Waals surface area contributed by atoms with E-state index in [1.165, 1.54) is 9.87 Å². The summed E-state index contributed by atoms with van der Waals surface area (Å²) >= 11 is 0. The molecule has 108 valence electrons. The van der Waals surface area contributed by atoms with Crippen LogP contribution in [-0.2, 0) is 10.2 Å². The molecule has 6 heteroatoms. The van der Waals surface area contributed by atoms with E-state index >= 15 is 0 Å². The van der Waals surface area contributed by atoms with Gasteiger partial charge in [0.15, 0.2) is 0 Å². The van der Waals surface area contributed by atoms with Gasteiger partial charge in [-0.05, 0) is 36.6 Å². The molecule has 0 bridgehead atoms. The van der Waals surface area contributed by atoms with Crippen LogP contribution in [0.1, 0.15) is 31.7 Å². The Kier molecular flexibility index (Phi) is 5.78. The molecule has 1 rings (SSSR count). The van der Waals surface area contributed by atoms with Crippen molar-refractivity contribution in [1.82, 2.24) is 4.31 Å². The Bertz CT molecular complexity index is 483. The van der Waals surface area contributed by atoms with Gasteiger partial charge in [0.25, 0.3) is 0 Å². The highest BCUT2D eigenvalue weighted by Gasteiger charge is 2.16. The van der Waals surface area contributed by atoms with Crippen molar-refractivity contribution in [1.29, 1.82) is 0 Å². The average Bonchev–Trinajstić information content (AvgIpc) is 2.36. The first kappa shape index (κ1) is 15.9. The third-order valence-corrected chi connectivity index (χ3v) is 4.41. The Hall–Kier alpha value is -1.11. The summed E-state index contributed by atoms with van der Waals surface area (Å²) in [6.45, 7) is 5.08. The Morgan fingerprint density at radius 3 is 2.32 bits per heavy atom. The third kappa shape index (κ3) is 4.81. The van der Waals surface area contributed by atoms with Gasteiger partial charge >= 0.3 is 10.2 Å². The van der Waals surface area contributed by atoms with Crippen LogP contribution >= 0.6 is 0 Å². The summed E-state index contributed by atoms with van der Waals surface area (Å²) in [4.78, 5) is 0. The first-order valence-electron chi connectivity index (χ1n) is 6.41. The van der Waals surface area contributed by atoms with Crippen molar-refractivity contribution in [2.75, 3.05) is 24.9 Å². The van der Waals surface area contributed by atoms with Crippen molar-refractivity contribution < 1.29 is 8.42 Å². The quantitative estimate of drug-likeness (QED) is 0.801. The molecule has 0 saturated carbocycles. The number of nitrogens with zero attached hydrogens (tertiary/aromatic N) is 1. The lowest BCUT2D eigenvalue weighted by Crippen LogP contribution is -2.34. The lowest BCUT2D eigenvalue weighted by atomic mass is 10.0.